The second-order valence-corrected chi connectivity index (χ2v) is 8.94. The Labute approximate surface area is 124 Å². The number of benzene rings is 1. The maximum Gasteiger partial charge on any atom is 0.154 e. The molecule has 0 aliphatic heterocycles. The smallest absolute Gasteiger partial charge is 0.154 e. The zero-order chi connectivity index (χ0) is 15.0. The Morgan fingerprint density at radius 2 is 1.63 bits per heavy atom. The van der Waals surface area contributed by atoms with E-state index in [-0.39, 0.29) is 4.83 Å². The lowest BCUT2D eigenvalue weighted by atomic mass is 9.97. The first-order valence-corrected chi connectivity index (χ1v) is 8.82. The van der Waals surface area contributed by atoms with Crippen LogP contribution in [0, 0.1) is 13.8 Å². The number of methoxy groups -OCH3 is 1. The SMILES string of the molecule is COc1c(C)cc(C(Br)C(C)(C)S(C)(=O)=O)cc1C. The quantitative estimate of drug-likeness (QED) is 0.781. The molecule has 0 saturated heterocycles. The lowest BCUT2D eigenvalue weighted by Crippen LogP contribution is -2.35. The summed E-state index contributed by atoms with van der Waals surface area (Å²) in [5, 5.41) is 0. The average molecular weight is 349 g/mol. The van der Waals surface area contributed by atoms with Crippen molar-refractivity contribution in [3.05, 3.63) is 28.8 Å². The van der Waals surface area contributed by atoms with Crippen LogP contribution in [0.5, 0.6) is 5.75 Å². The van der Waals surface area contributed by atoms with E-state index >= 15 is 0 Å². The molecule has 0 aliphatic carbocycles. The van der Waals surface area contributed by atoms with E-state index in [0.29, 0.717) is 0 Å². The van der Waals surface area contributed by atoms with Crippen molar-refractivity contribution in [3.63, 3.8) is 0 Å². The molecule has 0 bridgehead atoms. The summed E-state index contributed by atoms with van der Waals surface area (Å²) in [4.78, 5) is -0.265. The van der Waals surface area contributed by atoms with Gasteiger partial charge in [0, 0.05) is 6.26 Å². The molecule has 108 valence electrons. The molecule has 0 spiro atoms. The number of hydrogen-bond donors (Lipinski definition) is 0. The fourth-order valence-corrected chi connectivity index (χ4v) is 3.84. The predicted octanol–water partition coefficient (Wildman–Crippen LogP) is 3.57. The van der Waals surface area contributed by atoms with Gasteiger partial charge in [0.25, 0.3) is 0 Å². The third-order valence-electron chi connectivity index (χ3n) is 3.55. The van der Waals surface area contributed by atoms with Crippen molar-refractivity contribution in [2.45, 2.75) is 37.3 Å². The molecule has 0 radical (unpaired) electrons. The number of aryl methyl sites for hydroxylation is 2. The minimum absolute atomic E-state index is 0.265. The van der Waals surface area contributed by atoms with Crippen molar-refractivity contribution < 1.29 is 13.2 Å². The van der Waals surface area contributed by atoms with Crippen LogP contribution in [0.15, 0.2) is 12.1 Å². The molecule has 1 aromatic carbocycles. The molecular weight excluding hydrogens is 328 g/mol. The van der Waals surface area contributed by atoms with E-state index in [4.69, 9.17) is 4.74 Å². The minimum atomic E-state index is -3.17. The summed E-state index contributed by atoms with van der Waals surface area (Å²) in [5.41, 5.74) is 2.96. The van der Waals surface area contributed by atoms with E-state index in [2.05, 4.69) is 15.9 Å². The summed E-state index contributed by atoms with van der Waals surface area (Å²) in [6, 6.07) is 3.94. The van der Waals surface area contributed by atoms with Gasteiger partial charge in [-0.05, 0) is 44.4 Å². The molecule has 19 heavy (non-hydrogen) atoms. The first kappa shape index (κ1) is 16.5. The Morgan fingerprint density at radius 3 is 1.95 bits per heavy atom. The predicted molar refractivity (Wildman–Crippen MR) is 83.1 cm³/mol. The highest BCUT2D eigenvalue weighted by molar-refractivity contribution is 9.09. The van der Waals surface area contributed by atoms with Gasteiger partial charge in [-0.15, -0.1) is 0 Å². The molecule has 3 nitrogen and oxygen atoms in total. The summed E-state index contributed by atoms with van der Waals surface area (Å²) in [5.74, 6) is 0.848. The second kappa shape index (κ2) is 5.44. The number of ether oxygens (including phenoxy) is 1. The fraction of sp³-hybridized carbons (Fsp3) is 0.571. The van der Waals surface area contributed by atoms with Crippen molar-refractivity contribution in [3.8, 4) is 5.75 Å². The van der Waals surface area contributed by atoms with Gasteiger partial charge in [-0.2, -0.15) is 0 Å². The summed E-state index contributed by atoms with van der Waals surface area (Å²) in [7, 11) is -1.53. The van der Waals surface area contributed by atoms with E-state index in [1.54, 1.807) is 21.0 Å². The molecule has 1 rings (SSSR count). The Bertz CT molecular complexity index is 553. The number of sulfone groups is 1. The van der Waals surface area contributed by atoms with E-state index in [1.807, 2.05) is 26.0 Å². The molecule has 1 aromatic rings. The van der Waals surface area contributed by atoms with Gasteiger partial charge < -0.3 is 4.74 Å². The summed E-state index contributed by atoms with van der Waals surface area (Å²) >= 11 is 3.54. The summed E-state index contributed by atoms with van der Waals surface area (Å²) in [6.07, 6.45) is 1.27. The molecule has 0 amide bonds. The Hall–Kier alpha value is -0.550. The Kier molecular flexibility index (Phi) is 4.73. The zero-order valence-electron chi connectivity index (χ0n) is 12.2. The molecule has 0 N–H and O–H groups in total. The molecule has 0 aromatic heterocycles. The Morgan fingerprint density at radius 1 is 1.21 bits per heavy atom. The third-order valence-corrected chi connectivity index (χ3v) is 7.67. The number of halogens is 1. The van der Waals surface area contributed by atoms with Gasteiger partial charge in [-0.25, -0.2) is 8.42 Å². The van der Waals surface area contributed by atoms with Gasteiger partial charge in [0.15, 0.2) is 9.84 Å². The van der Waals surface area contributed by atoms with Crippen LogP contribution in [0.25, 0.3) is 0 Å². The normalized spacial score (nSPS) is 14.3. The maximum absolute atomic E-state index is 11.9. The van der Waals surface area contributed by atoms with Crippen molar-refractivity contribution >= 4 is 25.8 Å². The van der Waals surface area contributed by atoms with Gasteiger partial charge in [-0.1, -0.05) is 28.1 Å². The topological polar surface area (TPSA) is 43.4 Å². The molecular formula is C14H21BrO3S. The highest BCUT2D eigenvalue weighted by atomic mass is 79.9. The highest BCUT2D eigenvalue weighted by Crippen LogP contribution is 2.41. The first-order chi connectivity index (χ1) is 8.52. The van der Waals surface area contributed by atoms with Crippen molar-refractivity contribution in [2.24, 2.45) is 0 Å². The lowest BCUT2D eigenvalue weighted by molar-refractivity contribution is 0.408. The van der Waals surface area contributed by atoms with Crippen LogP contribution < -0.4 is 4.74 Å². The van der Waals surface area contributed by atoms with Gasteiger partial charge >= 0.3 is 0 Å². The number of rotatable bonds is 4. The van der Waals surface area contributed by atoms with Crippen molar-refractivity contribution in [2.75, 3.05) is 13.4 Å². The molecule has 1 unspecified atom stereocenters. The van der Waals surface area contributed by atoms with Crippen LogP contribution in [0.2, 0.25) is 0 Å². The summed E-state index contributed by atoms with van der Waals surface area (Å²) < 4.78 is 28.3. The molecule has 0 saturated carbocycles. The van der Waals surface area contributed by atoms with Crippen LogP contribution >= 0.6 is 15.9 Å². The minimum Gasteiger partial charge on any atom is -0.496 e. The standard InChI is InChI=1S/C14H21BrO3S/c1-9-7-11(8-10(2)12(9)18-5)13(15)14(3,4)19(6,16)17/h7-8,13H,1-6H3. The maximum atomic E-state index is 11.9. The number of alkyl halides is 1. The second-order valence-electron chi connectivity index (χ2n) is 5.43. The van der Waals surface area contributed by atoms with Gasteiger partial charge in [0.1, 0.15) is 5.75 Å². The third kappa shape index (κ3) is 3.14. The van der Waals surface area contributed by atoms with Gasteiger partial charge in [-0.3, -0.25) is 0 Å². The highest BCUT2D eigenvalue weighted by Gasteiger charge is 2.38. The van der Waals surface area contributed by atoms with Crippen LogP contribution in [0.3, 0.4) is 0 Å². The van der Waals surface area contributed by atoms with Crippen molar-refractivity contribution in [1.29, 1.82) is 0 Å². The van der Waals surface area contributed by atoms with Crippen LogP contribution in [0.1, 0.15) is 35.4 Å². The first-order valence-electron chi connectivity index (χ1n) is 6.01. The lowest BCUT2D eigenvalue weighted by Gasteiger charge is -2.29. The van der Waals surface area contributed by atoms with Crippen LogP contribution in [-0.4, -0.2) is 26.5 Å². The molecule has 5 heteroatoms. The molecule has 0 fully saturated rings. The van der Waals surface area contributed by atoms with E-state index in [1.165, 1.54) is 6.26 Å². The largest absolute Gasteiger partial charge is 0.496 e. The van der Waals surface area contributed by atoms with Crippen LogP contribution in [0.4, 0.5) is 0 Å². The van der Waals surface area contributed by atoms with E-state index in [0.717, 1.165) is 22.4 Å². The molecule has 0 heterocycles. The van der Waals surface area contributed by atoms with E-state index in [9.17, 15) is 8.42 Å². The van der Waals surface area contributed by atoms with Crippen LogP contribution in [-0.2, 0) is 9.84 Å². The average Bonchev–Trinajstić information content (AvgIpc) is 2.25. The van der Waals surface area contributed by atoms with Gasteiger partial charge in [0.05, 0.1) is 16.7 Å². The Balaban J connectivity index is 3.33. The van der Waals surface area contributed by atoms with E-state index < -0.39 is 14.6 Å². The van der Waals surface area contributed by atoms with Crippen molar-refractivity contribution in [1.82, 2.24) is 0 Å². The summed E-state index contributed by atoms with van der Waals surface area (Å²) in [6.45, 7) is 7.39. The molecule has 0 aliphatic rings. The monoisotopic (exact) mass is 348 g/mol. The number of hydrogen-bond acceptors (Lipinski definition) is 3. The fourth-order valence-electron chi connectivity index (χ4n) is 2.04. The zero-order valence-corrected chi connectivity index (χ0v) is 14.6. The molecule has 1 atom stereocenters. The van der Waals surface area contributed by atoms with Gasteiger partial charge in [0.2, 0.25) is 0 Å².